The van der Waals surface area contributed by atoms with Crippen molar-refractivity contribution in [1.29, 1.82) is 0 Å². The third kappa shape index (κ3) is 1.82. The number of rotatable bonds is 2. The Balaban J connectivity index is 2.24. The Bertz CT molecular complexity index is 415. The van der Waals surface area contributed by atoms with Crippen LogP contribution in [0.1, 0.15) is 0 Å². The van der Waals surface area contributed by atoms with E-state index in [0.717, 1.165) is 5.75 Å². The molecule has 2 rings (SSSR count). The second-order valence-electron chi connectivity index (χ2n) is 2.83. The van der Waals surface area contributed by atoms with Crippen LogP contribution in [0.4, 0.5) is 5.69 Å². The van der Waals surface area contributed by atoms with Gasteiger partial charge in [-0.05, 0) is 18.2 Å². The van der Waals surface area contributed by atoms with E-state index in [1.54, 1.807) is 18.5 Å². The molecular weight excluding hydrogens is 176 g/mol. The molecule has 0 amide bonds. The lowest BCUT2D eigenvalue weighted by atomic mass is 10.3. The smallest absolute Gasteiger partial charge is 0.168 e. The standard InChI is InChI=1S/C11H10N2O/c12-10-6-7-13-8-11(10)14-9-4-2-1-3-5-9/h1-8H,(H2,12,13). The van der Waals surface area contributed by atoms with Crippen LogP contribution in [0.5, 0.6) is 11.5 Å². The summed E-state index contributed by atoms with van der Waals surface area (Å²) >= 11 is 0. The van der Waals surface area contributed by atoms with Gasteiger partial charge in [0, 0.05) is 6.20 Å². The lowest BCUT2D eigenvalue weighted by Gasteiger charge is -2.06. The van der Waals surface area contributed by atoms with Crippen LogP contribution in [-0.2, 0) is 0 Å². The number of hydrogen-bond acceptors (Lipinski definition) is 3. The fraction of sp³-hybridized carbons (Fsp3) is 0. The third-order valence-electron chi connectivity index (χ3n) is 1.79. The van der Waals surface area contributed by atoms with Crippen LogP contribution in [0.15, 0.2) is 48.8 Å². The first-order valence-electron chi connectivity index (χ1n) is 4.28. The highest BCUT2D eigenvalue weighted by Crippen LogP contribution is 2.25. The minimum Gasteiger partial charge on any atom is -0.454 e. The normalized spacial score (nSPS) is 9.71. The lowest BCUT2D eigenvalue weighted by Crippen LogP contribution is -1.92. The molecule has 3 nitrogen and oxygen atoms in total. The SMILES string of the molecule is Nc1ccncc1Oc1ccccc1. The second kappa shape index (κ2) is 3.79. The largest absolute Gasteiger partial charge is 0.454 e. The van der Waals surface area contributed by atoms with Gasteiger partial charge in [0.2, 0.25) is 0 Å². The van der Waals surface area contributed by atoms with Gasteiger partial charge in [-0.3, -0.25) is 4.98 Å². The van der Waals surface area contributed by atoms with Crippen molar-refractivity contribution in [3.63, 3.8) is 0 Å². The number of pyridine rings is 1. The van der Waals surface area contributed by atoms with Gasteiger partial charge in [-0.2, -0.15) is 0 Å². The van der Waals surface area contributed by atoms with E-state index in [-0.39, 0.29) is 0 Å². The van der Waals surface area contributed by atoms with E-state index in [4.69, 9.17) is 10.5 Å². The van der Waals surface area contributed by atoms with Crippen LogP contribution in [0.2, 0.25) is 0 Å². The molecule has 0 unspecified atom stereocenters. The van der Waals surface area contributed by atoms with Crippen LogP contribution in [-0.4, -0.2) is 4.98 Å². The monoisotopic (exact) mass is 186 g/mol. The maximum atomic E-state index is 5.70. The van der Waals surface area contributed by atoms with E-state index in [9.17, 15) is 0 Å². The topological polar surface area (TPSA) is 48.1 Å². The van der Waals surface area contributed by atoms with Crippen molar-refractivity contribution in [2.75, 3.05) is 5.73 Å². The molecule has 0 fully saturated rings. The van der Waals surface area contributed by atoms with Crippen molar-refractivity contribution in [3.05, 3.63) is 48.8 Å². The van der Waals surface area contributed by atoms with Crippen LogP contribution in [0, 0.1) is 0 Å². The molecule has 2 aromatic rings. The number of nitrogens with zero attached hydrogens (tertiary/aromatic N) is 1. The van der Waals surface area contributed by atoms with Gasteiger partial charge in [0.15, 0.2) is 5.75 Å². The van der Waals surface area contributed by atoms with E-state index < -0.39 is 0 Å². The predicted octanol–water partition coefficient (Wildman–Crippen LogP) is 2.46. The van der Waals surface area contributed by atoms with E-state index in [0.29, 0.717) is 11.4 Å². The van der Waals surface area contributed by atoms with Crippen LogP contribution in [0.3, 0.4) is 0 Å². The zero-order chi connectivity index (χ0) is 9.80. The first-order valence-corrected chi connectivity index (χ1v) is 4.28. The summed E-state index contributed by atoms with van der Waals surface area (Å²) < 4.78 is 5.52. The van der Waals surface area contributed by atoms with E-state index in [2.05, 4.69) is 4.98 Å². The summed E-state index contributed by atoms with van der Waals surface area (Å²) in [6.45, 7) is 0. The molecule has 0 aliphatic rings. The summed E-state index contributed by atoms with van der Waals surface area (Å²) in [5.74, 6) is 1.34. The molecule has 0 bridgehead atoms. The Kier molecular flexibility index (Phi) is 2.32. The van der Waals surface area contributed by atoms with E-state index in [1.165, 1.54) is 0 Å². The number of hydrogen-bond donors (Lipinski definition) is 1. The van der Waals surface area contributed by atoms with E-state index >= 15 is 0 Å². The van der Waals surface area contributed by atoms with Crippen molar-refractivity contribution in [2.24, 2.45) is 0 Å². The molecular formula is C11H10N2O. The molecule has 0 radical (unpaired) electrons. The molecule has 0 saturated carbocycles. The van der Waals surface area contributed by atoms with Gasteiger partial charge in [-0.15, -0.1) is 0 Å². The van der Waals surface area contributed by atoms with Gasteiger partial charge in [0.1, 0.15) is 5.75 Å². The van der Waals surface area contributed by atoms with Gasteiger partial charge in [0.25, 0.3) is 0 Å². The minimum absolute atomic E-state index is 0.582. The molecule has 0 atom stereocenters. The highest BCUT2D eigenvalue weighted by molar-refractivity contribution is 5.51. The Hall–Kier alpha value is -2.03. The van der Waals surface area contributed by atoms with Gasteiger partial charge in [-0.25, -0.2) is 0 Å². The van der Waals surface area contributed by atoms with Crippen LogP contribution < -0.4 is 10.5 Å². The number of ether oxygens (including phenoxy) is 1. The molecule has 1 heterocycles. The summed E-state index contributed by atoms with van der Waals surface area (Å²) in [6.07, 6.45) is 3.23. The Morgan fingerprint density at radius 1 is 1.07 bits per heavy atom. The molecule has 70 valence electrons. The molecule has 1 aromatic carbocycles. The highest BCUT2D eigenvalue weighted by Gasteiger charge is 1.99. The zero-order valence-electron chi connectivity index (χ0n) is 7.55. The van der Waals surface area contributed by atoms with Crippen molar-refractivity contribution in [3.8, 4) is 11.5 Å². The maximum Gasteiger partial charge on any atom is 0.168 e. The summed E-state index contributed by atoms with van der Waals surface area (Å²) in [6, 6.07) is 11.2. The zero-order valence-corrected chi connectivity index (χ0v) is 7.55. The number of benzene rings is 1. The van der Waals surface area contributed by atoms with Crippen molar-refractivity contribution < 1.29 is 4.74 Å². The van der Waals surface area contributed by atoms with Gasteiger partial charge in [-0.1, -0.05) is 18.2 Å². The van der Waals surface area contributed by atoms with Crippen molar-refractivity contribution in [2.45, 2.75) is 0 Å². The van der Waals surface area contributed by atoms with Crippen molar-refractivity contribution in [1.82, 2.24) is 4.98 Å². The van der Waals surface area contributed by atoms with Crippen molar-refractivity contribution >= 4 is 5.69 Å². The van der Waals surface area contributed by atoms with Gasteiger partial charge in [0.05, 0.1) is 11.9 Å². The Morgan fingerprint density at radius 3 is 2.57 bits per heavy atom. The predicted molar refractivity (Wildman–Crippen MR) is 55.2 cm³/mol. The molecule has 0 aliphatic carbocycles. The fourth-order valence-electron chi connectivity index (χ4n) is 1.09. The van der Waals surface area contributed by atoms with Crippen LogP contribution in [0.25, 0.3) is 0 Å². The number of nitrogen functional groups attached to an aromatic ring is 1. The lowest BCUT2D eigenvalue weighted by molar-refractivity contribution is 0.483. The minimum atomic E-state index is 0.582. The summed E-state index contributed by atoms with van der Waals surface area (Å²) in [7, 11) is 0. The Labute approximate surface area is 82.2 Å². The second-order valence-corrected chi connectivity index (χ2v) is 2.83. The fourth-order valence-corrected chi connectivity index (χ4v) is 1.09. The molecule has 14 heavy (non-hydrogen) atoms. The number of para-hydroxylation sites is 1. The average molecular weight is 186 g/mol. The molecule has 0 aliphatic heterocycles. The molecule has 0 saturated heterocycles. The number of aromatic nitrogens is 1. The molecule has 1 aromatic heterocycles. The summed E-state index contributed by atoms with van der Waals surface area (Å²) in [4.78, 5) is 3.94. The molecule has 2 N–H and O–H groups in total. The molecule has 0 spiro atoms. The molecule has 3 heteroatoms. The van der Waals surface area contributed by atoms with E-state index in [1.807, 2.05) is 30.3 Å². The average Bonchev–Trinajstić information content (AvgIpc) is 2.23. The summed E-state index contributed by atoms with van der Waals surface area (Å²) in [5.41, 5.74) is 6.29. The van der Waals surface area contributed by atoms with Gasteiger partial charge < -0.3 is 10.5 Å². The first kappa shape index (κ1) is 8.56. The Morgan fingerprint density at radius 2 is 1.86 bits per heavy atom. The third-order valence-corrected chi connectivity index (χ3v) is 1.79. The number of nitrogens with two attached hydrogens (primary N) is 1. The number of anilines is 1. The highest BCUT2D eigenvalue weighted by atomic mass is 16.5. The van der Waals surface area contributed by atoms with Crippen LogP contribution >= 0.6 is 0 Å². The first-order chi connectivity index (χ1) is 6.86. The summed E-state index contributed by atoms with van der Waals surface area (Å²) in [5, 5.41) is 0. The van der Waals surface area contributed by atoms with Gasteiger partial charge >= 0.3 is 0 Å². The quantitative estimate of drug-likeness (QED) is 0.783. The maximum absolute atomic E-state index is 5.70.